The van der Waals surface area contributed by atoms with Crippen molar-refractivity contribution >= 4 is 23.5 Å². The van der Waals surface area contributed by atoms with Crippen molar-refractivity contribution in [3.05, 3.63) is 17.0 Å². The predicted molar refractivity (Wildman–Crippen MR) is 91.0 cm³/mol. The maximum Gasteiger partial charge on any atom is 0.407 e. The number of hydrogen-bond donors (Lipinski definition) is 1. The van der Waals surface area contributed by atoms with E-state index in [0.29, 0.717) is 12.4 Å². The summed E-state index contributed by atoms with van der Waals surface area (Å²) in [4.78, 5) is 22.3. The van der Waals surface area contributed by atoms with Gasteiger partial charge < -0.3 is 15.0 Å². The highest BCUT2D eigenvalue weighted by Crippen LogP contribution is 2.24. The van der Waals surface area contributed by atoms with E-state index in [2.05, 4.69) is 22.2 Å². The van der Waals surface area contributed by atoms with Crippen LogP contribution in [0.5, 0.6) is 0 Å². The molecule has 2 heterocycles. The van der Waals surface area contributed by atoms with Crippen LogP contribution in [0.25, 0.3) is 0 Å². The van der Waals surface area contributed by atoms with Gasteiger partial charge in [0.25, 0.3) is 0 Å². The number of nitriles is 1. The Morgan fingerprint density at radius 3 is 2.79 bits per heavy atom. The number of carbonyl (C=O) groups excluding carboxylic acids is 1. The summed E-state index contributed by atoms with van der Waals surface area (Å²) in [6, 6.07) is 2.08. The quantitative estimate of drug-likeness (QED) is 0.880. The monoisotopic (exact) mass is 351 g/mol. The Hall–Kier alpha value is -2.07. The molecule has 0 saturated carbocycles. The van der Waals surface area contributed by atoms with Crippen LogP contribution in [0.4, 0.5) is 10.6 Å². The molecule has 8 heteroatoms. The molecule has 2 rings (SSSR count). The molecule has 0 aromatic carbocycles. The van der Waals surface area contributed by atoms with Gasteiger partial charge in [-0.1, -0.05) is 11.6 Å². The molecule has 130 valence electrons. The number of rotatable bonds is 2. The summed E-state index contributed by atoms with van der Waals surface area (Å²) in [6.45, 7) is 8.15. The van der Waals surface area contributed by atoms with Gasteiger partial charge in [-0.3, -0.25) is 0 Å². The van der Waals surface area contributed by atoms with E-state index in [1.807, 2.05) is 31.7 Å². The minimum Gasteiger partial charge on any atom is -0.444 e. The van der Waals surface area contributed by atoms with Crippen LogP contribution < -0.4 is 10.2 Å². The van der Waals surface area contributed by atoms with E-state index in [4.69, 9.17) is 21.6 Å². The fraction of sp³-hybridized carbons (Fsp3) is 0.625. The van der Waals surface area contributed by atoms with Gasteiger partial charge in [0.15, 0.2) is 10.8 Å². The summed E-state index contributed by atoms with van der Waals surface area (Å²) < 4.78 is 5.30. The average Bonchev–Trinajstić information content (AvgIpc) is 2.47. The fourth-order valence-corrected chi connectivity index (χ4v) is 2.77. The first-order valence-corrected chi connectivity index (χ1v) is 8.26. The second-order valence-corrected chi connectivity index (χ2v) is 7.26. The Balaban J connectivity index is 2.07. The number of amides is 1. The van der Waals surface area contributed by atoms with Gasteiger partial charge in [0.1, 0.15) is 17.5 Å². The number of ether oxygens (including phenoxy) is 1. The highest BCUT2D eigenvalue weighted by Gasteiger charge is 2.29. The molecule has 0 spiro atoms. The normalized spacial score (nSPS) is 21.1. The van der Waals surface area contributed by atoms with Crippen molar-refractivity contribution in [3.8, 4) is 6.07 Å². The number of nitrogens with one attached hydrogen (secondary N) is 1. The van der Waals surface area contributed by atoms with E-state index in [9.17, 15) is 4.79 Å². The highest BCUT2D eigenvalue weighted by atomic mass is 35.5. The van der Waals surface area contributed by atoms with E-state index in [0.717, 1.165) is 12.8 Å². The van der Waals surface area contributed by atoms with Gasteiger partial charge in [0.05, 0.1) is 6.20 Å². The zero-order valence-electron chi connectivity index (χ0n) is 14.3. The van der Waals surface area contributed by atoms with Crippen LogP contribution in [0.1, 0.15) is 46.2 Å². The van der Waals surface area contributed by atoms with Crippen molar-refractivity contribution in [1.29, 1.82) is 5.26 Å². The lowest BCUT2D eigenvalue weighted by molar-refractivity contribution is 0.0497. The van der Waals surface area contributed by atoms with Gasteiger partial charge in [0.2, 0.25) is 0 Å². The molecule has 2 atom stereocenters. The topological polar surface area (TPSA) is 91.1 Å². The Labute approximate surface area is 147 Å². The smallest absolute Gasteiger partial charge is 0.407 e. The molecular formula is C16H22ClN5O2. The number of anilines is 1. The Morgan fingerprint density at radius 2 is 2.21 bits per heavy atom. The lowest BCUT2D eigenvalue weighted by atomic mass is 9.99. The van der Waals surface area contributed by atoms with Crippen molar-refractivity contribution in [1.82, 2.24) is 15.3 Å². The highest BCUT2D eigenvalue weighted by molar-refractivity contribution is 6.30. The Morgan fingerprint density at radius 1 is 1.50 bits per heavy atom. The molecule has 1 aliphatic rings. The minimum absolute atomic E-state index is 0.0488. The van der Waals surface area contributed by atoms with Gasteiger partial charge in [0, 0.05) is 18.6 Å². The molecule has 1 aromatic rings. The molecule has 0 bridgehead atoms. The second kappa shape index (κ2) is 7.22. The number of nitrogens with zero attached hydrogens (tertiary/aromatic N) is 4. The zero-order valence-corrected chi connectivity index (χ0v) is 15.1. The minimum atomic E-state index is -0.530. The van der Waals surface area contributed by atoms with Crippen LogP contribution in [0.3, 0.4) is 0 Å². The lowest BCUT2D eigenvalue weighted by Gasteiger charge is -2.39. The zero-order chi connectivity index (χ0) is 17.9. The number of halogens is 1. The Bertz CT molecular complexity index is 653. The average molecular weight is 352 g/mol. The maximum atomic E-state index is 12.0. The first-order chi connectivity index (χ1) is 11.2. The summed E-state index contributed by atoms with van der Waals surface area (Å²) in [7, 11) is 0. The number of aromatic nitrogens is 2. The third kappa shape index (κ3) is 4.71. The van der Waals surface area contributed by atoms with Crippen LogP contribution in [0, 0.1) is 11.3 Å². The molecule has 1 saturated heterocycles. The van der Waals surface area contributed by atoms with Crippen LogP contribution in [-0.4, -0.2) is 40.3 Å². The van der Waals surface area contributed by atoms with Crippen LogP contribution in [0.2, 0.25) is 5.15 Å². The third-order valence-corrected chi connectivity index (χ3v) is 3.98. The first-order valence-electron chi connectivity index (χ1n) is 7.88. The third-order valence-electron chi connectivity index (χ3n) is 3.72. The summed E-state index contributed by atoms with van der Waals surface area (Å²) in [5, 5.41) is 11.9. The molecule has 2 unspecified atom stereocenters. The van der Waals surface area contributed by atoms with Crippen LogP contribution in [0.15, 0.2) is 6.20 Å². The second-order valence-electron chi connectivity index (χ2n) is 6.90. The van der Waals surface area contributed by atoms with E-state index in [-0.39, 0.29) is 22.9 Å². The standard InChI is InChI=1S/C16H22ClN5O2/c1-10-5-6-11(20-15(23)24-16(2,3)4)9-22(10)13-8-19-12(7-18)14(17)21-13/h8,10-11H,5-6,9H2,1-4H3,(H,20,23). The van der Waals surface area contributed by atoms with Gasteiger partial charge in [-0.25, -0.2) is 14.8 Å². The molecule has 1 N–H and O–H groups in total. The van der Waals surface area contributed by atoms with Crippen molar-refractivity contribution < 1.29 is 9.53 Å². The van der Waals surface area contributed by atoms with Crippen LogP contribution in [-0.2, 0) is 4.74 Å². The Kier molecular flexibility index (Phi) is 5.50. The van der Waals surface area contributed by atoms with Crippen LogP contribution >= 0.6 is 11.6 Å². The molecule has 1 aliphatic heterocycles. The van der Waals surface area contributed by atoms with Gasteiger partial charge in [-0.15, -0.1) is 0 Å². The van der Waals surface area contributed by atoms with Crippen molar-refractivity contribution in [2.45, 2.75) is 58.2 Å². The SMILES string of the molecule is CC1CCC(NC(=O)OC(C)(C)C)CN1c1cnc(C#N)c(Cl)n1. The van der Waals surface area contributed by atoms with Gasteiger partial charge in [-0.05, 0) is 40.5 Å². The van der Waals surface area contributed by atoms with Crippen molar-refractivity contribution in [2.75, 3.05) is 11.4 Å². The lowest BCUT2D eigenvalue weighted by Crippen LogP contribution is -2.52. The van der Waals surface area contributed by atoms with Crippen molar-refractivity contribution in [2.24, 2.45) is 0 Å². The predicted octanol–water partition coefficient (Wildman–Crippen LogP) is 2.88. The number of carbonyl (C=O) groups is 1. The summed E-state index contributed by atoms with van der Waals surface area (Å²) in [6.07, 6.45) is 2.86. The largest absolute Gasteiger partial charge is 0.444 e. The molecule has 1 aromatic heterocycles. The van der Waals surface area contributed by atoms with E-state index in [1.54, 1.807) is 0 Å². The molecule has 1 fully saturated rings. The summed E-state index contributed by atoms with van der Waals surface area (Å²) >= 11 is 5.98. The molecule has 1 amide bonds. The number of hydrogen-bond acceptors (Lipinski definition) is 6. The first kappa shape index (κ1) is 18.3. The molecular weight excluding hydrogens is 330 g/mol. The maximum absolute atomic E-state index is 12.0. The van der Waals surface area contributed by atoms with E-state index < -0.39 is 11.7 Å². The molecule has 0 aliphatic carbocycles. The van der Waals surface area contributed by atoms with Crippen molar-refractivity contribution in [3.63, 3.8) is 0 Å². The number of piperidine rings is 1. The van der Waals surface area contributed by atoms with E-state index >= 15 is 0 Å². The summed E-state index contributed by atoms with van der Waals surface area (Å²) in [5.41, 5.74) is -0.425. The van der Waals surface area contributed by atoms with Gasteiger partial charge in [-0.2, -0.15) is 5.26 Å². The molecule has 7 nitrogen and oxygen atoms in total. The summed E-state index contributed by atoms with van der Waals surface area (Å²) in [5.74, 6) is 0.599. The number of alkyl carbamates (subject to hydrolysis) is 1. The van der Waals surface area contributed by atoms with Gasteiger partial charge >= 0.3 is 6.09 Å². The molecule has 0 radical (unpaired) electrons. The van der Waals surface area contributed by atoms with E-state index in [1.165, 1.54) is 6.20 Å². The fourth-order valence-electron chi connectivity index (χ4n) is 2.59. The molecule has 24 heavy (non-hydrogen) atoms.